The molecule has 0 N–H and O–H groups in total. The molecule has 1 radical (unpaired) electrons. The Morgan fingerprint density at radius 3 is 2.20 bits per heavy atom. The van der Waals surface area contributed by atoms with Crippen molar-refractivity contribution in [1.82, 2.24) is 0 Å². The fourth-order valence-electron chi connectivity index (χ4n) is 0.251. The average molecular weight is 143 g/mol. The highest BCUT2D eigenvalue weighted by Gasteiger charge is 2.10. The van der Waals surface area contributed by atoms with E-state index in [2.05, 4.69) is 6.58 Å². The Labute approximate surface area is 62.8 Å². The standard InChI is InChI=1S/C8H15O2/c1-7(2)6-9-10-8(3,4)5/h6H,1H2,2-5H3. The van der Waals surface area contributed by atoms with Crippen molar-refractivity contribution in [2.75, 3.05) is 0 Å². The zero-order valence-electron chi connectivity index (χ0n) is 7.10. The van der Waals surface area contributed by atoms with Crippen molar-refractivity contribution in [3.63, 3.8) is 0 Å². The SMILES string of the molecule is C=C(C)[CH]OOC(C)(C)C. The highest BCUT2D eigenvalue weighted by atomic mass is 17.2. The lowest BCUT2D eigenvalue weighted by molar-refractivity contribution is -0.323. The van der Waals surface area contributed by atoms with Gasteiger partial charge in [-0.2, -0.15) is 0 Å². The van der Waals surface area contributed by atoms with Gasteiger partial charge in [0.25, 0.3) is 0 Å². The summed E-state index contributed by atoms with van der Waals surface area (Å²) >= 11 is 0. The largest absolute Gasteiger partial charge is 0.230 e. The lowest BCUT2D eigenvalue weighted by atomic mass is 10.2. The van der Waals surface area contributed by atoms with Crippen LogP contribution < -0.4 is 0 Å². The molecule has 0 aliphatic heterocycles. The highest BCUT2D eigenvalue weighted by molar-refractivity contribution is 4.96. The zero-order chi connectivity index (χ0) is 8.20. The Kier molecular flexibility index (Phi) is 3.61. The number of hydrogen-bond donors (Lipinski definition) is 0. The minimum Gasteiger partial charge on any atom is -0.230 e. The summed E-state index contributed by atoms with van der Waals surface area (Å²) in [5.74, 6) is 0. The van der Waals surface area contributed by atoms with Gasteiger partial charge in [0.2, 0.25) is 0 Å². The van der Waals surface area contributed by atoms with Gasteiger partial charge in [-0.25, -0.2) is 9.78 Å². The van der Waals surface area contributed by atoms with Crippen LogP contribution in [-0.2, 0) is 9.78 Å². The Balaban J connectivity index is 3.29. The molecule has 0 aromatic carbocycles. The van der Waals surface area contributed by atoms with Crippen LogP contribution in [0.2, 0.25) is 0 Å². The van der Waals surface area contributed by atoms with Gasteiger partial charge in [-0.1, -0.05) is 6.58 Å². The van der Waals surface area contributed by atoms with E-state index >= 15 is 0 Å². The van der Waals surface area contributed by atoms with Crippen LogP contribution in [0.3, 0.4) is 0 Å². The lowest BCUT2D eigenvalue weighted by Gasteiger charge is -2.16. The molecule has 2 nitrogen and oxygen atoms in total. The molecule has 0 saturated carbocycles. The number of hydrogen-bond acceptors (Lipinski definition) is 2. The molecule has 59 valence electrons. The molecule has 10 heavy (non-hydrogen) atoms. The second-order valence-corrected chi connectivity index (χ2v) is 3.26. The molecule has 0 atom stereocenters. The van der Waals surface area contributed by atoms with Crippen molar-refractivity contribution >= 4 is 0 Å². The minimum absolute atomic E-state index is 0.258. The van der Waals surface area contributed by atoms with Gasteiger partial charge in [-0.3, -0.25) is 0 Å². The molecule has 0 spiro atoms. The zero-order valence-corrected chi connectivity index (χ0v) is 7.10. The predicted molar refractivity (Wildman–Crippen MR) is 41.0 cm³/mol. The van der Waals surface area contributed by atoms with Crippen LogP contribution >= 0.6 is 0 Å². The quantitative estimate of drug-likeness (QED) is 0.446. The molecule has 0 saturated heterocycles. The molecule has 0 amide bonds. The summed E-state index contributed by atoms with van der Waals surface area (Å²) in [6, 6.07) is 0. The van der Waals surface area contributed by atoms with Crippen LogP contribution in [0.4, 0.5) is 0 Å². The average Bonchev–Trinajstić information content (AvgIpc) is 1.59. The minimum atomic E-state index is -0.258. The molecular formula is C8H15O2. The van der Waals surface area contributed by atoms with E-state index in [0.29, 0.717) is 0 Å². The van der Waals surface area contributed by atoms with E-state index in [-0.39, 0.29) is 5.60 Å². The summed E-state index contributed by atoms with van der Waals surface area (Å²) in [6.07, 6.45) is 0. The Morgan fingerprint density at radius 1 is 1.40 bits per heavy atom. The van der Waals surface area contributed by atoms with Gasteiger partial charge in [0.05, 0.1) is 5.60 Å². The normalized spacial score (nSPS) is 11.6. The van der Waals surface area contributed by atoms with Crippen LogP contribution in [0, 0.1) is 6.61 Å². The van der Waals surface area contributed by atoms with E-state index in [1.165, 1.54) is 6.61 Å². The summed E-state index contributed by atoms with van der Waals surface area (Å²) in [5, 5.41) is 0. The molecule has 0 rings (SSSR count). The second kappa shape index (κ2) is 3.74. The van der Waals surface area contributed by atoms with Gasteiger partial charge in [-0.15, -0.1) is 0 Å². The summed E-state index contributed by atoms with van der Waals surface area (Å²) in [6.45, 7) is 12.7. The first-order valence-corrected chi connectivity index (χ1v) is 3.25. The monoisotopic (exact) mass is 143 g/mol. The fraction of sp³-hybridized carbons (Fsp3) is 0.625. The third-order valence-electron chi connectivity index (χ3n) is 0.547. The molecular weight excluding hydrogens is 128 g/mol. The molecule has 0 aromatic rings. The second-order valence-electron chi connectivity index (χ2n) is 3.26. The molecule has 0 heterocycles. The summed E-state index contributed by atoms with van der Waals surface area (Å²) in [7, 11) is 0. The summed E-state index contributed by atoms with van der Waals surface area (Å²) < 4.78 is 0. The van der Waals surface area contributed by atoms with Gasteiger partial charge >= 0.3 is 0 Å². The molecule has 0 aliphatic carbocycles. The third-order valence-corrected chi connectivity index (χ3v) is 0.547. The first-order chi connectivity index (χ1) is 4.42. The number of rotatable bonds is 3. The molecule has 0 bridgehead atoms. The van der Waals surface area contributed by atoms with Gasteiger partial charge in [-0.05, 0) is 33.3 Å². The van der Waals surface area contributed by atoms with Crippen LogP contribution in [0.25, 0.3) is 0 Å². The van der Waals surface area contributed by atoms with Crippen molar-refractivity contribution in [2.45, 2.75) is 33.3 Å². The molecule has 0 aromatic heterocycles. The van der Waals surface area contributed by atoms with Crippen molar-refractivity contribution < 1.29 is 9.78 Å². The highest BCUT2D eigenvalue weighted by Crippen LogP contribution is 2.09. The first kappa shape index (κ1) is 9.66. The van der Waals surface area contributed by atoms with Crippen LogP contribution in [0.5, 0.6) is 0 Å². The van der Waals surface area contributed by atoms with Crippen molar-refractivity contribution in [3.8, 4) is 0 Å². The van der Waals surface area contributed by atoms with Gasteiger partial charge in [0, 0.05) is 0 Å². The Hall–Kier alpha value is -0.340. The summed E-state index contributed by atoms with van der Waals surface area (Å²) in [5.41, 5.74) is 0.579. The first-order valence-electron chi connectivity index (χ1n) is 3.25. The molecule has 2 heteroatoms. The van der Waals surface area contributed by atoms with E-state index < -0.39 is 0 Å². The van der Waals surface area contributed by atoms with Crippen molar-refractivity contribution in [3.05, 3.63) is 18.8 Å². The Bertz CT molecular complexity index is 111. The van der Waals surface area contributed by atoms with Crippen molar-refractivity contribution in [1.29, 1.82) is 0 Å². The van der Waals surface area contributed by atoms with E-state index in [0.717, 1.165) is 5.57 Å². The van der Waals surface area contributed by atoms with E-state index in [1.807, 2.05) is 27.7 Å². The maximum absolute atomic E-state index is 4.92. The van der Waals surface area contributed by atoms with E-state index in [9.17, 15) is 0 Å². The Morgan fingerprint density at radius 2 is 1.90 bits per heavy atom. The van der Waals surface area contributed by atoms with Crippen LogP contribution in [0.15, 0.2) is 12.2 Å². The molecule has 0 aliphatic rings. The van der Waals surface area contributed by atoms with Gasteiger partial charge in [0.15, 0.2) is 0 Å². The van der Waals surface area contributed by atoms with Gasteiger partial charge < -0.3 is 0 Å². The van der Waals surface area contributed by atoms with E-state index in [1.54, 1.807) is 0 Å². The van der Waals surface area contributed by atoms with Crippen LogP contribution in [0.1, 0.15) is 27.7 Å². The maximum Gasteiger partial charge on any atom is 0.147 e. The fourth-order valence-corrected chi connectivity index (χ4v) is 0.251. The summed E-state index contributed by atoms with van der Waals surface area (Å²) in [4.78, 5) is 9.66. The van der Waals surface area contributed by atoms with Crippen LogP contribution in [-0.4, -0.2) is 5.60 Å². The molecule has 0 unspecified atom stereocenters. The maximum atomic E-state index is 4.92. The topological polar surface area (TPSA) is 18.5 Å². The third kappa shape index (κ3) is 7.66. The lowest BCUT2D eigenvalue weighted by Crippen LogP contribution is -2.18. The van der Waals surface area contributed by atoms with Gasteiger partial charge in [0.1, 0.15) is 6.61 Å². The van der Waals surface area contributed by atoms with E-state index in [4.69, 9.17) is 9.78 Å². The smallest absolute Gasteiger partial charge is 0.147 e. The predicted octanol–water partition coefficient (Wildman–Crippen LogP) is 2.47. The van der Waals surface area contributed by atoms with Crippen molar-refractivity contribution in [2.24, 2.45) is 0 Å². The molecule has 0 fully saturated rings.